The van der Waals surface area contributed by atoms with Crippen LogP contribution in [0.5, 0.6) is 11.5 Å². The molecule has 0 spiro atoms. The summed E-state index contributed by atoms with van der Waals surface area (Å²) in [7, 11) is 0. The van der Waals surface area contributed by atoms with Crippen LogP contribution in [0.2, 0.25) is 0 Å². The molecular weight excluding hydrogens is 288 g/mol. The number of benzene rings is 2. The SMILES string of the molecule is C=Cc1c(F)c(F)c(Oc2ccc(N)cc2N)c(F)c1F. The third-order valence-electron chi connectivity index (χ3n) is 2.71. The standard InChI is InChI=1S/C14H10F4N2O/c1-2-7-10(15)12(17)14(13(18)11(7)16)21-9-4-3-6(19)5-8(9)20/h2-5H,1,19-20H2. The molecule has 0 amide bonds. The van der Waals surface area contributed by atoms with Crippen molar-refractivity contribution in [2.24, 2.45) is 0 Å². The van der Waals surface area contributed by atoms with Crippen LogP contribution in [0.1, 0.15) is 5.56 Å². The molecule has 0 aromatic heterocycles. The van der Waals surface area contributed by atoms with E-state index in [1.54, 1.807) is 0 Å². The van der Waals surface area contributed by atoms with E-state index in [-0.39, 0.29) is 11.4 Å². The molecule has 0 radical (unpaired) electrons. The van der Waals surface area contributed by atoms with Crippen molar-refractivity contribution in [3.63, 3.8) is 0 Å². The Morgan fingerprint density at radius 3 is 2.00 bits per heavy atom. The predicted molar refractivity (Wildman–Crippen MR) is 71.7 cm³/mol. The van der Waals surface area contributed by atoms with Crippen molar-refractivity contribution in [2.45, 2.75) is 0 Å². The second-order valence-electron chi connectivity index (χ2n) is 4.10. The van der Waals surface area contributed by atoms with Crippen LogP contribution in [0, 0.1) is 23.3 Å². The van der Waals surface area contributed by atoms with E-state index in [0.717, 1.165) is 0 Å². The van der Waals surface area contributed by atoms with Crippen molar-refractivity contribution in [1.82, 2.24) is 0 Å². The lowest BCUT2D eigenvalue weighted by Gasteiger charge is -2.12. The average molecular weight is 298 g/mol. The number of nitrogen functional groups attached to an aromatic ring is 2. The lowest BCUT2D eigenvalue weighted by Crippen LogP contribution is -2.04. The Kier molecular flexibility index (Phi) is 3.75. The van der Waals surface area contributed by atoms with Crippen molar-refractivity contribution in [1.29, 1.82) is 0 Å². The average Bonchev–Trinajstić information content (AvgIpc) is 2.44. The van der Waals surface area contributed by atoms with Crippen LogP contribution in [0.15, 0.2) is 24.8 Å². The summed E-state index contributed by atoms with van der Waals surface area (Å²) >= 11 is 0. The van der Waals surface area contributed by atoms with E-state index < -0.39 is 34.6 Å². The van der Waals surface area contributed by atoms with E-state index in [1.807, 2.05) is 0 Å². The van der Waals surface area contributed by atoms with E-state index in [0.29, 0.717) is 11.8 Å². The molecule has 110 valence electrons. The monoisotopic (exact) mass is 298 g/mol. The van der Waals surface area contributed by atoms with Gasteiger partial charge in [0.25, 0.3) is 0 Å². The van der Waals surface area contributed by atoms with Crippen molar-refractivity contribution in [3.05, 3.63) is 53.6 Å². The van der Waals surface area contributed by atoms with Gasteiger partial charge in [-0.3, -0.25) is 0 Å². The van der Waals surface area contributed by atoms with Crippen molar-refractivity contribution < 1.29 is 22.3 Å². The quantitative estimate of drug-likeness (QED) is 0.514. The molecular formula is C14H10F4N2O. The molecule has 0 aliphatic heterocycles. The molecule has 0 aliphatic rings. The van der Waals surface area contributed by atoms with E-state index in [4.69, 9.17) is 16.2 Å². The number of anilines is 2. The number of hydrogen-bond donors (Lipinski definition) is 2. The summed E-state index contributed by atoms with van der Waals surface area (Å²) in [6.45, 7) is 3.08. The fourth-order valence-electron chi connectivity index (χ4n) is 1.67. The molecule has 2 rings (SSSR count). The third kappa shape index (κ3) is 2.49. The Labute approximate surface area is 117 Å². The van der Waals surface area contributed by atoms with Gasteiger partial charge in [-0.15, -0.1) is 0 Å². The molecule has 0 fully saturated rings. The van der Waals surface area contributed by atoms with Crippen molar-refractivity contribution in [2.75, 3.05) is 11.5 Å². The minimum atomic E-state index is -1.68. The number of nitrogens with two attached hydrogens (primary N) is 2. The molecule has 7 heteroatoms. The van der Waals surface area contributed by atoms with Crippen LogP contribution in [-0.2, 0) is 0 Å². The maximum atomic E-state index is 13.8. The van der Waals surface area contributed by atoms with E-state index in [1.165, 1.54) is 18.2 Å². The van der Waals surface area contributed by atoms with Gasteiger partial charge in [-0.25, -0.2) is 8.78 Å². The van der Waals surface area contributed by atoms with Gasteiger partial charge in [0, 0.05) is 5.69 Å². The molecule has 0 bridgehead atoms. The van der Waals surface area contributed by atoms with Crippen molar-refractivity contribution >= 4 is 17.5 Å². The summed E-state index contributed by atoms with van der Waals surface area (Å²) in [5.41, 5.74) is 10.3. The normalized spacial score (nSPS) is 10.5. The first-order chi connectivity index (χ1) is 9.86. The number of rotatable bonds is 3. The highest BCUT2D eigenvalue weighted by Gasteiger charge is 2.26. The van der Waals surface area contributed by atoms with Gasteiger partial charge in [0.15, 0.2) is 17.4 Å². The lowest BCUT2D eigenvalue weighted by molar-refractivity contribution is 0.366. The summed E-state index contributed by atoms with van der Waals surface area (Å²) in [5, 5.41) is 0. The first-order valence-electron chi connectivity index (χ1n) is 5.68. The fourth-order valence-corrected chi connectivity index (χ4v) is 1.67. The van der Waals surface area contributed by atoms with Crippen LogP contribution < -0.4 is 16.2 Å². The van der Waals surface area contributed by atoms with Crippen LogP contribution in [-0.4, -0.2) is 0 Å². The van der Waals surface area contributed by atoms with E-state index in [2.05, 4.69) is 6.58 Å². The second kappa shape index (κ2) is 5.35. The van der Waals surface area contributed by atoms with E-state index in [9.17, 15) is 17.6 Å². The molecule has 0 heterocycles. The highest BCUT2D eigenvalue weighted by molar-refractivity contribution is 5.62. The largest absolute Gasteiger partial charge is 0.449 e. The highest BCUT2D eigenvalue weighted by atomic mass is 19.2. The Morgan fingerprint density at radius 1 is 0.952 bits per heavy atom. The van der Waals surface area contributed by atoms with Gasteiger partial charge in [0.05, 0.1) is 11.3 Å². The van der Waals surface area contributed by atoms with Gasteiger partial charge in [0.1, 0.15) is 0 Å². The lowest BCUT2D eigenvalue weighted by atomic mass is 10.1. The molecule has 2 aromatic rings. The van der Waals surface area contributed by atoms with Crippen LogP contribution >= 0.6 is 0 Å². The van der Waals surface area contributed by atoms with Gasteiger partial charge >= 0.3 is 0 Å². The summed E-state index contributed by atoms with van der Waals surface area (Å²) in [5.74, 6) is -7.99. The van der Waals surface area contributed by atoms with Gasteiger partial charge in [-0.1, -0.05) is 12.7 Å². The molecule has 0 saturated heterocycles. The zero-order valence-corrected chi connectivity index (χ0v) is 10.6. The summed E-state index contributed by atoms with van der Waals surface area (Å²) < 4.78 is 59.5. The maximum Gasteiger partial charge on any atom is 0.205 e. The summed E-state index contributed by atoms with van der Waals surface area (Å²) in [4.78, 5) is 0. The molecule has 2 aromatic carbocycles. The zero-order valence-electron chi connectivity index (χ0n) is 10.6. The minimum absolute atomic E-state index is 0.0394. The maximum absolute atomic E-state index is 13.8. The zero-order chi connectivity index (χ0) is 15.7. The minimum Gasteiger partial charge on any atom is -0.449 e. The Hall–Kier alpha value is -2.70. The topological polar surface area (TPSA) is 61.3 Å². The third-order valence-corrected chi connectivity index (χ3v) is 2.71. The van der Waals surface area contributed by atoms with Crippen molar-refractivity contribution in [3.8, 4) is 11.5 Å². The highest BCUT2D eigenvalue weighted by Crippen LogP contribution is 2.36. The Bertz CT molecular complexity index is 702. The second-order valence-corrected chi connectivity index (χ2v) is 4.10. The van der Waals surface area contributed by atoms with Gasteiger partial charge in [-0.05, 0) is 18.2 Å². The molecule has 0 saturated carbocycles. The Morgan fingerprint density at radius 2 is 1.52 bits per heavy atom. The molecule has 0 aliphatic carbocycles. The number of ether oxygens (including phenoxy) is 1. The molecule has 0 atom stereocenters. The predicted octanol–water partition coefficient (Wildman–Crippen LogP) is 3.84. The number of halogens is 4. The van der Waals surface area contributed by atoms with Gasteiger partial charge in [0.2, 0.25) is 17.4 Å². The number of hydrogen-bond acceptors (Lipinski definition) is 3. The van der Waals surface area contributed by atoms with E-state index >= 15 is 0 Å². The summed E-state index contributed by atoms with van der Waals surface area (Å²) in [6.07, 6.45) is 0.665. The first-order valence-corrected chi connectivity index (χ1v) is 5.68. The molecule has 4 N–H and O–H groups in total. The molecule has 0 unspecified atom stereocenters. The van der Waals surface area contributed by atoms with Gasteiger partial charge in [-0.2, -0.15) is 8.78 Å². The fraction of sp³-hybridized carbons (Fsp3) is 0. The van der Waals surface area contributed by atoms with Gasteiger partial charge < -0.3 is 16.2 Å². The first kappa shape index (κ1) is 14.7. The smallest absolute Gasteiger partial charge is 0.205 e. The van der Waals surface area contributed by atoms with Crippen LogP contribution in [0.4, 0.5) is 28.9 Å². The Balaban J connectivity index is 2.57. The van der Waals surface area contributed by atoms with Crippen LogP contribution in [0.3, 0.4) is 0 Å². The molecule has 3 nitrogen and oxygen atoms in total. The van der Waals surface area contributed by atoms with Crippen LogP contribution in [0.25, 0.3) is 6.08 Å². The summed E-state index contributed by atoms with van der Waals surface area (Å²) in [6, 6.07) is 3.85. The molecule has 21 heavy (non-hydrogen) atoms.